The Morgan fingerprint density at radius 1 is 1.07 bits per heavy atom. The van der Waals surface area contributed by atoms with Gasteiger partial charge in [-0.25, -0.2) is 0 Å². The van der Waals surface area contributed by atoms with Crippen LogP contribution in [-0.4, -0.2) is 73.4 Å². The Balaban J connectivity index is 1.87. The van der Waals surface area contributed by atoms with Crippen molar-refractivity contribution in [3.63, 3.8) is 0 Å². The number of nitrogens with zero attached hydrogens (tertiary/aromatic N) is 3. The highest BCUT2D eigenvalue weighted by molar-refractivity contribution is 5.94. The second-order valence-electron chi connectivity index (χ2n) is 11.3. The largest absolute Gasteiger partial charge is 0.496 e. The molecule has 0 saturated heterocycles. The van der Waals surface area contributed by atoms with E-state index in [0.717, 1.165) is 12.0 Å². The van der Waals surface area contributed by atoms with Crippen LogP contribution in [0.4, 0.5) is 0 Å². The zero-order chi connectivity index (χ0) is 29.9. The van der Waals surface area contributed by atoms with Gasteiger partial charge in [0.15, 0.2) is 5.69 Å². The first-order chi connectivity index (χ1) is 19.7. The third-order valence-corrected chi connectivity index (χ3v) is 7.66. The first-order valence-corrected chi connectivity index (χ1v) is 14.6. The van der Waals surface area contributed by atoms with Gasteiger partial charge in [0, 0.05) is 26.1 Å². The van der Waals surface area contributed by atoms with Gasteiger partial charge in [-0.1, -0.05) is 52.0 Å². The highest BCUT2D eigenvalue weighted by Crippen LogP contribution is 2.39. The number of rotatable bonds is 14. The SMILES string of the molecule is COC(=O)CN(C)C(=O)C[C@H](CCC1CCCCC1)NC(=O)c1cc(-c2c(OC)cccc2OC)n(CC(C)C)n1. The fourth-order valence-corrected chi connectivity index (χ4v) is 5.43. The van der Waals surface area contributed by atoms with Gasteiger partial charge in [0.05, 0.1) is 32.6 Å². The van der Waals surface area contributed by atoms with E-state index in [4.69, 9.17) is 14.2 Å². The van der Waals surface area contributed by atoms with Crippen LogP contribution in [0.1, 0.15) is 75.7 Å². The molecule has 1 N–H and O–H groups in total. The predicted molar refractivity (Wildman–Crippen MR) is 157 cm³/mol. The summed E-state index contributed by atoms with van der Waals surface area (Å²) in [5.41, 5.74) is 1.69. The maximum absolute atomic E-state index is 13.6. The lowest BCUT2D eigenvalue weighted by atomic mass is 9.85. The van der Waals surface area contributed by atoms with E-state index in [1.807, 2.05) is 22.9 Å². The molecule has 0 unspecified atom stereocenters. The predicted octanol–water partition coefficient (Wildman–Crippen LogP) is 4.70. The summed E-state index contributed by atoms with van der Waals surface area (Å²) in [6.07, 6.45) is 7.78. The highest BCUT2D eigenvalue weighted by atomic mass is 16.5. The van der Waals surface area contributed by atoms with Crippen LogP contribution < -0.4 is 14.8 Å². The monoisotopic (exact) mass is 570 g/mol. The minimum atomic E-state index is -0.487. The third-order valence-electron chi connectivity index (χ3n) is 7.66. The van der Waals surface area contributed by atoms with Gasteiger partial charge in [-0.15, -0.1) is 0 Å². The molecule has 226 valence electrons. The number of esters is 1. The average Bonchev–Trinajstić information content (AvgIpc) is 3.38. The molecular formula is C31H46N4O6. The van der Waals surface area contributed by atoms with Gasteiger partial charge in [0.25, 0.3) is 5.91 Å². The highest BCUT2D eigenvalue weighted by Gasteiger charge is 2.26. The van der Waals surface area contributed by atoms with Crippen molar-refractivity contribution in [2.75, 3.05) is 34.9 Å². The summed E-state index contributed by atoms with van der Waals surface area (Å²) in [4.78, 5) is 39.7. The summed E-state index contributed by atoms with van der Waals surface area (Å²) >= 11 is 0. The smallest absolute Gasteiger partial charge is 0.325 e. The average molecular weight is 571 g/mol. The molecule has 10 nitrogen and oxygen atoms in total. The lowest BCUT2D eigenvalue weighted by molar-refractivity contribution is -0.146. The van der Waals surface area contributed by atoms with Crippen LogP contribution in [0.5, 0.6) is 11.5 Å². The Hall–Kier alpha value is -3.56. The molecule has 1 aliphatic carbocycles. The van der Waals surface area contributed by atoms with E-state index in [-0.39, 0.29) is 36.4 Å². The van der Waals surface area contributed by atoms with E-state index in [1.54, 1.807) is 27.3 Å². The van der Waals surface area contributed by atoms with Gasteiger partial charge in [-0.3, -0.25) is 19.1 Å². The van der Waals surface area contributed by atoms with Crippen LogP contribution in [-0.2, 0) is 20.9 Å². The topological polar surface area (TPSA) is 112 Å². The van der Waals surface area contributed by atoms with Crippen molar-refractivity contribution < 1.29 is 28.6 Å². The number of nitrogens with one attached hydrogen (secondary N) is 1. The molecule has 1 aliphatic rings. The summed E-state index contributed by atoms with van der Waals surface area (Å²) in [5.74, 6) is 1.04. The Bertz CT molecular complexity index is 1150. The van der Waals surface area contributed by atoms with E-state index in [9.17, 15) is 14.4 Å². The summed E-state index contributed by atoms with van der Waals surface area (Å²) in [6.45, 7) is 4.62. The number of carbonyl (C=O) groups is 3. The van der Waals surface area contributed by atoms with Crippen LogP contribution in [0.25, 0.3) is 11.3 Å². The van der Waals surface area contributed by atoms with E-state index >= 15 is 0 Å². The molecule has 0 spiro atoms. The summed E-state index contributed by atoms with van der Waals surface area (Å²) in [5, 5.41) is 7.77. The molecule has 0 aliphatic heterocycles. The number of hydrogen-bond acceptors (Lipinski definition) is 7. The lowest BCUT2D eigenvalue weighted by Crippen LogP contribution is -2.41. The standard InChI is InChI=1S/C31H46N4O6/c1-21(2)19-35-25(30-26(39-4)13-10-14-27(30)40-5)18-24(33-35)31(38)32-23(16-15-22-11-8-7-9-12-22)17-28(36)34(3)20-29(37)41-6/h10,13-14,18,21-23H,7-9,11-12,15-17,19-20H2,1-6H3,(H,32,38)/t23-/m0/s1. The minimum absolute atomic E-state index is 0.0891. The number of benzene rings is 1. The Labute approximate surface area is 243 Å². The number of ether oxygens (including phenoxy) is 3. The summed E-state index contributed by atoms with van der Waals surface area (Å²) in [6, 6.07) is 6.91. The number of carbonyl (C=O) groups excluding carboxylic acids is 3. The second-order valence-corrected chi connectivity index (χ2v) is 11.3. The summed E-state index contributed by atoms with van der Waals surface area (Å²) < 4.78 is 17.8. The molecular weight excluding hydrogens is 524 g/mol. The van der Waals surface area contributed by atoms with Crippen molar-refractivity contribution in [1.29, 1.82) is 0 Å². The molecule has 1 heterocycles. The van der Waals surface area contributed by atoms with Crippen LogP contribution >= 0.6 is 0 Å². The molecule has 2 aromatic rings. The molecule has 1 saturated carbocycles. The molecule has 1 aromatic heterocycles. The number of amides is 2. The molecule has 10 heteroatoms. The van der Waals surface area contributed by atoms with Crippen LogP contribution in [0, 0.1) is 11.8 Å². The lowest BCUT2D eigenvalue weighted by Gasteiger charge is -2.25. The minimum Gasteiger partial charge on any atom is -0.496 e. The van der Waals surface area contributed by atoms with E-state index in [2.05, 4.69) is 24.3 Å². The number of hydrogen-bond donors (Lipinski definition) is 1. The molecule has 1 atom stereocenters. The van der Waals surface area contributed by atoms with E-state index in [1.165, 1.54) is 44.1 Å². The number of likely N-dealkylation sites (N-methyl/N-ethyl adjacent to an activating group) is 1. The Morgan fingerprint density at radius 2 is 1.73 bits per heavy atom. The fraction of sp³-hybridized carbons (Fsp3) is 0.613. The van der Waals surface area contributed by atoms with Crippen LogP contribution in [0.15, 0.2) is 24.3 Å². The van der Waals surface area contributed by atoms with Crippen molar-refractivity contribution in [3.05, 3.63) is 30.0 Å². The summed E-state index contributed by atoms with van der Waals surface area (Å²) in [7, 11) is 6.06. The zero-order valence-electron chi connectivity index (χ0n) is 25.4. The van der Waals surface area contributed by atoms with Gasteiger partial charge in [0.1, 0.15) is 18.0 Å². The van der Waals surface area contributed by atoms with Gasteiger partial charge in [-0.2, -0.15) is 5.10 Å². The first-order valence-electron chi connectivity index (χ1n) is 14.6. The van der Waals surface area contributed by atoms with Crippen molar-refractivity contribution in [2.45, 2.75) is 77.8 Å². The van der Waals surface area contributed by atoms with Crippen molar-refractivity contribution in [2.24, 2.45) is 11.8 Å². The molecule has 1 fully saturated rings. The van der Waals surface area contributed by atoms with Gasteiger partial charge in [-0.05, 0) is 42.9 Å². The van der Waals surface area contributed by atoms with Gasteiger partial charge >= 0.3 is 5.97 Å². The third kappa shape index (κ3) is 8.96. The van der Waals surface area contributed by atoms with Gasteiger partial charge in [0.2, 0.25) is 5.91 Å². The molecule has 3 rings (SSSR count). The second kappa shape index (κ2) is 15.4. The zero-order valence-corrected chi connectivity index (χ0v) is 25.4. The number of aromatic nitrogens is 2. The molecule has 2 amide bonds. The molecule has 0 radical (unpaired) electrons. The van der Waals surface area contributed by atoms with Crippen molar-refractivity contribution in [3.8, 4) is 22.8 Å². The Kier molecular flexibility index (Phi) is 12.0. The Morgan fingerprint density at radius 3 is 2.32 bits per heavy atom. The molecule has 1 aromatic carbocycles. The maximum atomic E-state index is 13.6. The van der Waals surface area contributed by atoms with E-state index < -0.39 is 12.0 Å². The molecule has 41 heavy (non-hydrogen) atoms. The first kappa shape index (κ1) is 32.0. The van der Waals surface area contributed by atoms with Crippen molar-refractivity contribution in [1.82, 2.24) is 20.0 Å². The number of methoxy groups -OCH3 is 3. The van der Waals surface area contributed by atoms with E-state index in [0.29, 0.717) is 36.1 Å². The van der Waals surface area contributed by atoms with Gasteiger partial charge < -0.3 is 24.4 Å². The molecule has 0 bridgehead atoms. The maximum Gasteiger partial charge on any atom is 0.325 e. The van der Waals surface area contributed by atoms with Crippen LogP contribution in [0.2, 0.25) is 0 Å². The normalized spacial score (nSPS) is 14.4. The quantitative estimate of drug-likeness (QED) is 0.328. The van der Waals surface area contributed by atoms with Crippen LogP contribution in [0.3, 0.4) is 0 Å². The fourth-order valence-electron chi connectivity index (χ4n) is 5.43. The van der Waals surface area contributed by atoms with Crippen molar-refractivity contribution >= 4 is 17.8 Å².